The zero-order valence-corrected chi connectivity index (χ0v) is 30.1. The molecule has 1 atom stereocenters. The van der Waals surface area contributed by atoms with E-state index in [1.165, 1.54) is 89.9 Å². The predicted octanol–water partition coefficient (Wildman–Crippen LogP) is 11.8. The van der Waals surface area contributed by atoms with E-state index in [1.807, 2.05) is 0 Å². The lowest BCUT2D eigenvalue weighted by molar-refractivity contribution is -0.161. The standard InChI is InChI=1S/C41H72O5/c1-3-5-7-9-11-13-15-17-19-20-22-23-25-27-29-31-33-35-40(43)45-38-39(37-42)46-41(44)36-34-32-30-28-26-24-21-18-16-14-12-10-8-6-4-2/h11,13-14,16-17,19,22-23,39,42H,3-10,12,15,18,20-21,24-38H2,1-2H3. The summed E-state index contributed by atoms with van der Waals surface area (Å²) in [6.45, 7) is 4.06. The minimum atomic E-state index is -0.782. The maximum Gasteiger partial charge on any atom is 0.306 e. The molecule has 0 bridgehead atoms. The monoisotopic (exact) mass is 645 g/mol. The Hall–Kier alpha value is -2.14. The maximum atomic E-state index is 12.1. The number of rotatable bonds is 34. The molecule has 0 saturated carbocycles. The number of carbonyl (C=O) groups is 2. The van der Waals surface area contributed by atoms with Gasteiger partial charge in [0.1, 0.15) is 6.61 Å². The third-order valence-corrected chi connectivity index (χ3v) is 8.10. The van der Waals surface area contributed by atoms with Gasteiger partial charge in [-0.2, -0.15) is 0 Å². The highest BCUT2D eigenvalue weighted by atomic mass is 16.6. The van der Waals surface area contributed by atoms with E-state index >= 15 is 0 Å². The van der Waals surface area contributed by atoms with Gasteiger partial charge in [-0.05, 0) is 77.0 Å². The fourth-order valence-electron chi connectivity index (χ4n) is 5.14. The van der Waals surface area contributed by atoms with Gasteiger partial charge in [-0.25, -0.2) is 0 Å². The van der Waals surface area contributed by atoms with Gasteiger partial charge < -0.3 is 14.6 Å². The Morgan fingerprint density at radius 2 is 0.870 bits per heavy atom. The molecular weight excluding hydrogens is 572 g/mol. The summed E-state index contributed by atoms with van der Waals surface area (Å²) in [6.07, 6.45) is 45.9. The largest absolute Gasteiger partial charge is 0.462 e. The van der Waals surface area contributed by atoms with Crippen LogP contribution in [0.3, 0.4) is 0 Å². The van der Waals surface area contributed by atoms with E-state index in [1.54, 1.807) is 0 Å². The number of carbonyl (C=O) groups excluding carboxylic acids is 2. The molecule has 0 aromatic heterocycles. The number of esters is 2. The summed E-state index contributed by atoms with van der Waals surface area (Å²) in [5, 5.41) is 9.54. The average molecular weight is 645 g/mol. The van der Waals surface area contributed by atoms with Crippen molar-refractivity contribution in [2.24, 2.45) is 0 Å². The predicted molar refractivity (Wildman–Crippen MR) is 196 cm³/mol. The highest BCUT2D eigenvalue weighted by molar-refractivity contribution is 5.70. The maximum absolute atomic E-state index is 12.1. The summed E-state index contributed by atoms with van der Waals surface area (Å²) >= 11 is 0. The van der Waals surface area contributed by atoms with E-state index in [-0.39, 0.29) is 25.2 Å². The van der Waals surface area contributed by atoms with Crippen molar-refractivity contribution in [3.8, 4) is 0 Å². The van der Waals surface area contributed by atoms with Crippen molar-refractivity contribution >= 4 is 11.9 Å². The number of unbranched alkanes of at least 4 members (excludes halogenated alkanes) is 18. The minimum absolute atomic E-state index is 0.0798. The van der Waals surface area contributed by atoms with Gasteiger partial charge >= 0.3 is 11.9 Å². The first kappa shape index (κ1) is 43.9. The number of hydrogen-bond donors (Lipinski definition) is 1. The number of aliphatic hydroxyl groups excluding tert-OH is 1. The molecule has 0 rings (SSSR count). The van der Waals surface area contributed by atoms with Crippen molar-refractivity contribution in [3.05, 3.63) is 48.6 Å². The molecule has 1 unspecified atom stereocenters. The number of hydrogen-bond acceptors (Lipinski definition) is 5. The fraction of sp³-hybridized carbons (Fsp3) is 0.756. The van der Waals surface area contributed by atoms with E-state index in [0.717, 1.165) is 64.2 Å². The Balaban J connectivity index is 3.62. The molecule has 1 N–H and O–H groups in total. The van der Waals surface area contributed by atoms with Crippen LogP contribution in [0.2, 0.25) is 0 Å². The number of ether oxygens (including phenoxy) is 2. The molecule has 0 aliphatic heterocycles. The van der Waals surface area contributed by atoms with Crippen LogP contribution in [0.5, 0.6) is 0 Å². The first-order valence-corrected chi connectivity index (χ1v) is 19.2. The lowest BCUT2D eigenvalue weighted by atomic mass is 10.1. The molecule has 0 amide bonds. The molecule has 5 heteroatoms. The SMILES string of the molecule is CCCCCC=CCC=CCC=CCCCCCCC(=O)OCC(CO)OC(=O)CCCCCCCCCC=CCCCCCC. The normalized spacial score (nSPS) is 12.7. The quantitative estimate of drug-likeness (QED) is 0.0429. The smallest absolute Gasteiger partial charge is 0.306 e. The van der Waals surface area contributed by atoms with E-state index < -0.39 is 6.10 Å². The van der Waals surface area contributed by atoms with Crippen LogP contribution in [0.4, 0.5) is 0 Å². The van der Waals surface area contributed by atoms with Crippen LogP contribution in [0.15, 0.2) is 48.6 Å². The summed E-state index contributed by atoms with van der Waals surface area (Å²) in [5.41, 5.74) is 0. The molecule has 266 valence electrons. The molecule has 0 aromatic rings. The van der Waals surface area contributed by atoms with Gasteiger partial charge in [0.05, 0.1) is 6.61 Å². The topological polar surface area (TPSA) is 72.8 Å². The zero-order chi connectivity index (χ0) is 33.6. The van der Waals surface area contributed by atoms with Gasteiger partial charge in [-0.15, -0.1) is 0 Å². The summed E-state index contributed by atoms with van der Waals surface area (Å²) in [5.74, 6) is -0.623. The first-order valence-electron chi connectivity index (χ1n) is 19.2. The van der Waals surface area contributed by atoms with Crippen LogP contribution in [-0.2, 0) is 19.1 Å². The Labute approximate surface area is 284 Å². The van der Waals surface area contributed by atoms with E-state index in [2.05, 4.69) is 62.5 Å². The average Bonchev–Trinajstić information content (AvgIpc) is 3.06. The van der Waals surface area contributed by atoms with Crippen LogP contribution in [0.1, 0.15) is 181 Å². The number of allylic oxidation sites excluding steroid dienone is 8. The Kier molecular flexibility index (Phi) is 35.6. The molecule has 0 aliphatic rings. The zero-order valence-electron chi connectivity index (χ0n) is 30.1. The Morgan fingerprint density at radius 3 is 1.37 bits per heavy atom. The van der Waals surface area contributed by atoms with Crippen molar-refractivity contribution in [1.82, 2.24) is 0 Å². The second-order valence-electron chi connectivity index (χ2n) is 12.6. The van der Waals surface area contributed by atoms with E-state index in [9.17, 15) is 14.7 Å². The van der Waals surface area contributed by atoms with Crippen LogP contribution in [0.25, 0.3) is 0 Å². The summed E-state index contributed by atoms with van der Waals surface area (Å²) in [4.78, 5) is 24.2. The van der Waals surface area contributed by atoms with Crippen LogP contribution in [0, 0.1) is 0 Å². The highest BCUT2D eigenvalue weighted by Crippen LogP contribution is 2.12. The second-order valence-corrected chi connectivity index (χ2v) is 12.6. The summed E-state index contributed by atoms with van der Waals surface area (Å²) in [7, 11) is 0. The third-order valence-electron chi connectivity index (χ3n) is 8.10. The lowest BCUT2D eigenvalue weighted by Crippen LogP contribution is -2.28. The van der Waals surface area contributed by atoms with Crippen molar-refractivity contribution in [3.63, 3.8) is 0 Å². The molecule has 0 fully saturated rings. The molecule has 0 aromatic carbocycles. The molecule has 0 saturated heterocycles. The minimum Gasteiger partial charge on any atom is -0.462 e. The van der Waals surface area contributed by atoms with Gasteiger partial charge in [0, 0.05) is 12.8 Å². The third kappa shape index (κ3) is 34.7. The summed E-state index contributed by atoms with van der Waals surface area (Å²) in [6, 6.07) is 0. The molecular formula is C41H72O5. The molecule has 0 radical (unpaired) electrons. The highest BCUT2D eigenvalue weighted by Gasteiger charge is 2.16. The van der Waals surface area contributed by atoms with E-state index in [4.69, 9.17) is 9.47 Å². The van der Waals surface area contributed by atoms with Gasteiger partial charge in [0.2, 0.25) is 0 Å². The molecule has 0 spiro atoms. The molecule has 0 aliphatic carbocycles. The van der Waals surface area contributed by atoms with Gasteiger partial charge in [-0.1, -0.05) is 140 Å². The van der Waals surface area contributed by atoms with Crippen LogP contribution >= 0.6 is 0 Å². The first-order chi connectivity index (χ1) is 22.6. The van der Waals surface area contributed by atoms with Gasteiger partial charge in [-0.3, -0.25) is 9.59 Å². The molecule has 46 heavy (non-hydrogen) atoms. The van der Waals surface area contributed by atoms with Crippen molar-refractivity contribution in [2.45, 2.75) is 187 Å². The molecule has 0 heterocycles. The summed E-state index contributed by atoms with van der Waals surface area (Å²) < 4.78 is 10.6. The number of aliphatic hydroxyl groups is 1. The Bertz CT molecular complexity index is 782. The van der Waals surface area contributed by atoms with Gasteiger partial charge in [0.25, 0.3) is 0 Å². The lowest BCUT2D eigenvalue weighted by Gasteiger charge is -2.15. The second kappa shape index (κ2) is 37.3. The van der Waals surface area contributed by atoms with Crippen LogP contribution < -0.4 is 0 Å². The Morgan fingerprint density at radius 1 is 0.500 bits per heavy atom. The van der Waals surface area contributed by atoms with Crippen molar-refractivity contribution < 1.29 is 24.2 Å². The van der Waals surface area contributed by atoms with Gasteiger partial charge in [0.15, 0.2) is 6.10 Å². The van der Waals surface area contributed by atoms with Crippen molar-refractivity contribution in [1.29, 1.82) is 0 Å². The van der Waals surface area contributed by atoms with E-state index in [0.29, 0.717) is 12.8 Å². The fourth-order valence-corrected chi connectivity index (χ4v) is 5.14. The van der Waals surface area contributed by atoms with Crippen LogP contribution in [-0.4, -0.2) is 36.4 Å². The molecule has 5 nitrogen and oxygen atoms in total. The van der Waals surface area contributed by atoms with Crippen molar-refractivity contribution in [2.75, 3.05) is 13.2 Å².